The summed E-state index contributed by atoms with van der Waals surface area (Å²) in [4.78, 5) is 1.40. The highest BCUT2D eigenvalue weighted by Gasteiger charge is 2.30. The number of rotatable bonds is 7. The first-order chi connectivity index (χ1) is 9.35. The minimum absolute atomic E-state index is 0.0227. The topological polar surface area (TPSA) is 15.3 Å². The fourth-order valence-corrected chi connectivity index (χ4v) is 2.21. The van der Waals surface area contributed by atoms with Crippen LogP contribution in [0.25, 0.3) is 0 Å². The smallest absolute Gasteiger partial charge is 0.313 e. The Hall–Kier alpha value is -0.780. The molecule has 1 rings (SSSR count). The van der Waals surface area contributed by atoms with E-state index in [0.717, 1.165) is 5.56 Å². The van der Waals surface area contributed by atoms with Gasteiger partial charge in [0.25, 0.3) is 0 Å². The molecule has 0 aliphatic heterocycles. The maximum Gasteiger partial charge on any atom is 0.401 e. The van der Waals surface area contributed by atoms with Gasteiger partial charge in [-0.3, -0.25) is 4.90 Å². The van der Waals surface area contributed by atoms with E-state index in [9.17, 15) is 13.2 Å². The van der Waals surface area contributed by atoms with Crippen LogP contribution in [0.3, 0.4) is 0 Å². The Morgan fingerprint density at radius 2 is 1.85 bits per heavy atom. The van der Waals surface area contributed by atoms with Gasteiger partial charge >= 0.3 is 6.18 Å². The van der Waals surface area contributed by atoms with Gasteiger partial charge in [-0.2, -0.15) is 13.2 Å². The van der Waals surface area contributed by atoms with Crippen LogP contribution in [0.4, 0.5) is 13.2 Å². The number of hydrogen-bond acceptors (Lipinski definition) is 2. The molecule has 0 aliphatic carbocycles. The van der Waals surface area contributed by atoms with E-state index < -0.39 is 12.7 Å². The zero-order valence-electron chi connectivity index (χ0n) is 11.7. The molecule has 0 bridgehead atoms. The van der Waals surface area contributed by atoms with E-state index in [2.05, 4.69) is 5.32 Å². The molecule has 1 aromatic rings. The third-order valence-corrected chi connectivity index (χ3v) is 3.46. The molecule has 114 valence electrons. The average molecular weight is 309 g/mol. The fourth-order valence-electron chi connectivity index (χ4n) is 2.09. The minimum Gasteiger partial charge on any atom is -0.313 e. The Morgan fingerprint density at radius 1 is 1.25 bits per heavy atom. The molecule has 0 aliphatic rings. The van der Waals surface area contributed by atoms with Crippen molar-refractivity contribution in [3.63, 3.8) is 0 Å². The quantitative estimate of drug-likeness (QED) is 0.822. The summed E-state index contributed by atoms with van der Waals surface area (Å²) >= 11 is 5.83. The Balaban J connectivity index is 2.58. The van der Waals surface area contributed by atoms with Crippen LogP contribution in [-0.2, 0) is 0 Å². The van der Waals surface area contributed by atoms with Crippen molar-refractivity contribution >= 4 is 11.6 Å². The van der Waals surface area contributed by atoms with Gasteiger partial charge in [-0.1, -0.05) is 30.7 Å². The van der Waals surface area contributed by atoms with Gasteiger partial charge in [-0.15, -0.1) is 0 Å². The molecule has 0 aromatic heterocycles. The van der Waals surface area contributed by atoms with Crippen LogP contribution in [0, 0.1) is 0 Å². The predicted molar refractivity (Wildman–Crippen MR) is 76.0 cm³/mol. The second kappa shape index (κ2) is 7.86. The zero-order valence-corrected chi connectivity index (χ0v) is 12.4. The second-order valence-electron chi connectivity index (χ2n) is 4.67. The molecule has 0 saturated carbocycles. The van der Waals surface area contributed by atoms with E-state index in [0.29, 0.717) is 24.5 Å². The zero-order chi connectivity index (χ0) is 15.2. The van der Waals surface area contributed by atoms with Crippen molar-refractivity contribution in [2.75, 3.05) is 26.7 Å². The van der Waals surface area contributed by atoms with Gasteiger partial charge in [0.15, 0.2) is 0 Å². The van der Waals surface area contributed by atoms with Crippen molar-refractivity contribution in [2.45, 2.75) is 25.6 Å². The predicted octanol–water partition coefficient (Wildman–Crippen LogP) is 3.87. The highest BCUT2D eigenvalue weighted by molar-refractivity contribution is 6.30. The van der Waals surface area contributed by atoms with Crippen molar-refractivity contribution in [2.24, 2.45) is 0 Å². The van der Waals surface area contributed by atoms with Crippen molar-refractivity contribution in [1.82, 2.24) is 10.2 Å². The molecule has 6 heteroatoms. The van der Waals surface area contributed by atoms with Crippen LogP contribution in [0.1, 0.15) is 24.9 Å². The lowest BCUT2D eigenvalue weighted by Gasteiger charge is -2.25. The number of hydrogen-bond donors (Lipinski definition) is 1. The van der Waals surface area contributed by atoms with Crippen LogP contribution >= 0.6 is 11.6 Å². The van der Waals surface area contributed by atoms with Gasteiger partial charge in [0.05, 0.1) is 6.54 Å². The molecule has 1 atom stereocenters. The van der Waals surface area contributed by atoms with Crippen LogP contribution in [0.2, 0.25) is 5.02 Å². The molecule has 2 nitrogen and oxygen atoms in total. The van der Waals surface area contributed by atoms with E-state index in [1.54, 1.807) is 26.1 Å². The highest BCUT2D eigenvalue weighted by atomic mass is 35.5. The Bertz CT molecular complexity index is 392. The number of halogens is 4. The Kier molecular flexibility index (Phi) is 6.79. The van der Waals surface area contributed by atoms with Gasteiger partial charge in [-0.25, -0.2) is 0 Å². The number of alkyl halides is 3. The fraction of sp³-hybridized carbons (Fsp3) is 0.571. The summed E-state index contributed by atoms with van der Waals surface area (Å²) in [6, 6.07) is 7.38. The minimum atomic E-state index is -4.15. The van der Waals surface area contributed by atoms with Gasteiger partial charge < -0.3 is 5.32 Å². The van der Waals surface area contributed by atoms with E-state index >= 15 is 0 Å². The number of nitrogens with one attached hydrogen (secondary N) is 1. The summed E-state index contributed by atoms with van der Waals surface area (Å²) in [7, 11) is 1.80. The van der Waals surface area contributed by atoms with E-state index in [1.165, 1.54) is 4.90 Å². The molecule has 0 spiro atoms. The van der Waals surface area contributed by atoms with Crippen LogP contribution < -0.4 is 5.32 Å². The second-order valence-corrected chi connectivity index (χ2v) is 5.10. The van der Waals surface area contributed by atoms with Gasteiger partial charge in [-0.05, 0) is 37.7 Å². The van der Waals surface area contributed by atoms with Crippen LogP contribution in [-0.4, -0.2) is 37.8 Å². The molecule has 0 fully saturated rings. The monoisotopic (exact) mass is 308 g/mol. The van der Waals surface area contributed by atoms with Crippen LogP contribution in [0.15, 0.2) is 24.3 Å². The summed E-state index contributed by atoms with van der Waals surface area (Å²) in [6.07, 6.45) is -3.53. The molecule has 0 heterocycles. The summed E-state index contributed by atoms with van der Waals surface area (Å²) < 4.78 is 37.2. The van der Waals surface area contributed by atoms with E-state index in [4.69, 9.17) is 11.6 Å². The van der Waals surface area contributed by atoms with Gasteiger partial charge in [0, 0.05) is 17.6 Å². The summed E-state index contributed by atoms with van der Waals surface area (Å²) in [5.41, 5.74) is 1.03. The lowest BCUT2D eigenvalue weighted by atomic mass is 10.0. The summed E-state index contributed by atoms with van der Waals surface area (Å²) in [5, 5.41) is 3.78. The highest BCUT2D eigenvalue weighted by Crippen LogP contribution is 2.21. The SMILES string of the molecule is CCN(CCC(NC)c1ccc(Cl)cc1)CC(F)(F)F. The molecule has 1 aromatic carbocycles. The standard InChI is InChI=1S/C14H20ClF3N2/c1-3-20(10-14(16,17)18)9-8-13(19-2)11-4-6-12(15)7-5-11/h4-7,13,19H,3,8-10H2,1-2H3. The average Bonchev–Trinajstić information content (AvgIpc) is 2.38. The lowest BCUT2D eigenvalue weighted by molar-refractivity contribution is -0.145. The molecule has 1 N–H and O–H groups in total. The molecule has 0 amide bonds. The molecular formula is C14H20ClF3N2. The number of benzene rings is 1. The third kappa shape index (κ3) is 6.11. The third-order valence-electron chi connectivity index (χ3n) is 3.20. The summed E-state index contributed by atoms with van der Waals surface area (Å²) in [6.45, 7) is 1.66. The van der Waals surface area contributed by atoms with E-state index in [1.807, 2.05) is 12.1 Å². The van der Waals surface area contributed by atoms with Crippen molar-refractivity contribution in [3.8, 4) is 0 Å². The normalized spacial score (nSPS) is 13.8. The van der Waals surface area contributed by atoms with Crippen LogP contribution in [0.5, 0.6) is 0 Å². The molecule has 1 unspecified atom stereocenters. The molecule has 0 saturated heterocycles. The first-order valence-electron chi connectivity index (χ1n) is 6.57. The lowest BCUT2D eigenvalue weighted by Crippen LogP contribution is -2.36. The Labute approximate surface area is 122 Å². The number of nitrogens with zero attached hydrogens (tertiary/aromatic N) is 1. The van der Waals surface area contributed by atoms with Crippen molar-refractivity contribution in [1.29, 1.82) is 0 Å². The maximum absolute atomic E-state index is 12.4. The molecule has 20 heavy (non-hydrogen) atoms. The first-order valence-corrected chi connectivity index (χ1v) is 6.95. The van der Waals surface area contributed by atoms with E-state index in [-0.39, 0.29) is 6.04 Å². The first kappa shape index (κ1) is 17.3. The van der Waals surface area contributed by atoms with Crippen molar-refractivity contribution in [3.05, 3.63) is 34.9 Å². The molecular weight excluding hydrogens is 289 g/mol. The van der Waals surface area contributed by atoms with Gasteiger partial charge in [0.2, 0.25) is 0 Å². The van der Waals surface area contributed by atoms with Gasteiger partial charge in [0.1, 0.15) is 0 Å². The molecule has 0 radical (unpaired) electrons. The Morgan fingerprint density at radius 3 is 2.30 bits per heavy atom. The summed E-state index contributed by atoms with van der Waals surface area (Å²) in [5.74, 6) is 0. The van der Waals surface area contributed by atoms with Crippen molar-refractivity contribution < 1.29 is 13.2 Å². The maximum atomic E-state index is 12.4. The largest absolute Gasteiger partial charge is 0.401 e.